The van der Waals surface area contributed by atoms with Crippen LogP contribution >= 0.6 is 0 Å². The first-order chi connectivity index (χ1) is 7.25. The Morgan fingerprint density at radius 1 is 1.60 bits per heavy atom. The van der Waals surface area contributed by atoms with Gasteiger partial charge in [0, 0.05) is 25.5 Å². The summed E-state index contributed by atoms with van der Waals surface area (Å²) in [7, 11) is 0. The number of likely N-dealkylation sites (tertiary alicyclic amines) is 1. The van der Waals surface area contributed by atoms with Crippen LogP contribution in [0.2, 0.25) is 0 Å². The molecule has 1 atom stereocenters. The molecule has 1 N–H and O–H groups in total. The number of Topliss-reactive ketones (excluding diaryl/α,β-unsaturated/α-hetero) is 1. The fourth-order valence-electron chi connectivity index (χ4n) is 1.68. The van der Waals surface area contributed by atoms with E-state index in [4.69, 9.17) is 0 Å². The maximum atomic E-state index is 11.7. The van der Waals surface area contributed by atoms with Gasteiger partial charge in [-0.25, -0.2) is 4.98 Å². The second-order valence-corrected chi connectivity index (χ2v) is 3.69. The lowest BCUT2D eigenvalue weighted by molar-refractivity contribution is 0.0929. The van der Waals surface area contributed by atoms with E-state index in [0.717, 1.165) is 13.0 Å². The molecule has 1 saturated heterocycles. The summed E-state index contributed by atoms with van der Waals surface area (Å²) in [6.45, 7) is 1.66. The molecule has 1 aromatic rings. The first kappa shape index (κ1) is 10.2. The van der Waals surface area contributed by atoms with Gasteiger partial charge in [0.25, 0.3) is 0 Å². The van der Waals surface area contributed by atoms with Crippen LogP contribution in [-0.2, 0) is 0 Å². The van der Waals surface area contributed by atoms with Crippen molar-refractivity contribution >= 4 is 5.78 Å². The van der Waals surface area contributed by atoms with Crippen molar-refractivity contribution in [2.45, 2.75) is 12.5 Å². The third-order valence-electron chi connectivity index (χ3n) is 2.46. The molecule has 0 saturated carbocycles. The molecule has 0 unspecified atom stereocenters. The number of carbonyl (C=O) groups is 1. The number of β-amino-alcohol motifs (C(OH)–C–C–N with tert-alkyl or cyclic N) is 1. The zero-order chi connectivity index (χ0) is 10.7. The quantitative estimate of drug-likeness (QED) is 0.691. The average molecular weight is 207 g/mol. The Labute approximate surface area is 87.8 Å². The van der Waals surface area contributed by atoms with Crippen LogP contribution in [0.25, 0.3) is 0 Å². The second kappa shape index (κ2) is 4.46. The molecule has 0 amide bonds. The SMILES string of the molecule is O=C(CN1CC[C@H](O)C1)c1cnccn1. The molecular formula is C10H13N3O2. The number of aliphatic hydroxyl groups is 1. The Morgan fingerprint density at radius 3 is 3.07 bits per heavy atom. The summed E-state index contributed by atoms with van der Waals surface area (Å²) in [6.07, 6.45) is 4.96. The van der Waals surface area contributed by atoms with Crippen molar-refractivity contribution in [2.75, 3.05) is 19.6 Å². The number of aliphatic hydroxyl groups excluding tert-OH is 1. The van der Waals surface area contributed by atoms with Crippen LogP contribution in [0.3, 0.4) is 0 Å². The van der Waals surface area contributed by atoms with Gasteiger partial charge in [-0.1, -0.05) is 0 Å². The van der Waals surface area contributed by atoms with Crippen molar-refractivity contribution in [1.29, 1.82) is 0 Å². The van der Waals surface area contributed by atoms with Gasteiger partial charge in [0.2, 0.25) is 0 Å². The van der Waals surface area contributed by atoms with Crippen LogP contribution in [0.5, 0.6) is 0 Å². The fourth-order valence-corrected chi connectivity index (χ4v) is 1.68. The number of hydrogen-bond donors (Lipinski definition) is 1. The lowest BCUT2D eigenvalue weighted by Crippen LogP contribution is -2.29. The molecule has 1 fully saturated rings. The van der Waals surface area contributed by atoms with Gasteiger partial charge in [-0.15, -0.1) is 0 Å². The summed E-state index contributed by atoms with van der Waals surface area (Å²) in [6, 6.07) is 0. The zero-order valence-electron chi connectivity index (χ0n) is 8.33. The molecule has 0 bridgehead atoms. The molecule has 0 aromatic carbocycles. The zero-order valence-corrected chi connectivity index (χ0v) is 8.33. The molecule has 0 aliphatic carbocycles. The summed E-state index contributed by atoms with van der Waals surface area (Å²) in [5, 5.41) is 9.30. The van der Waals surface area contributed by atoms with E-state index >= 15 is 0 Å². The highest BCUT2D eigenvalue weighted by Gasteiger charge is 2.22. The van der Waals surface area contributed by atoms with E-state index in [9.17, 15) is 9.90 Å². The number of aromatic nitrogens is 2. The van der Waals surface area contributed by atoms with Gasteiger partial charge in [0.1, 0.15) is 5.69 Å². The molecule has 1 aliphatic heterocycles. The lowest BCUT2D eigenvalue weighted by Gasteiger charge is -2.12. The molecular weight excluding hydrogens is 194 g/mol. The Kier molecular flexibility index (Phi) is 3.03. The maximum absolute atomic E-state index is 11.7. The van der Waals surface area contributed by atoms with Crippen molar-refractivity contribution < 1.29 is 9.90 Å². The van der Waals surface area contributed by atoms with E-state index in [1.165, 1.54) is 18.6 Å². The number of rotatable bonds is 3. The van der Waals surface area contributed by atoms with Crippen molar-refractivity contribution in [3.05, 3.63) is 24.3 Å². The smallest absolute Gasteiger partial charge is 0.196 e. The highest BCUT2D eigenvalue weighted by atomic mass is 16.3. The molecule has 2 rings (SSSR count). The van der Waals surface area contributed by atoms with E-state index in [-0.39, 0.29) is 11.9 Å². The van der Waals surface area contributed by atoms with Gasteiger partial charge < -0.3 is 5.11 Å². The Morgan fingerprint density at radius 2 is 2.47 bits per heavy atom. The van der Waals surface area contributed by atoms with Gasteiger partial charge in [-0.05, 0) is 6.42 Å². The van der Waals surface area contributed by atoms with Crippen LogP contribution in [-0.4, -0.2) is 51.5 Å². The van der Waals surface area contributed by atoms with E-state index in [2.05, 4.69) is 9.97 Å². The minimum absolute atomic E-state index is 0.0443. The van der Waals surface area contributed by atoms with E-state index in [1.807, 2.05) is 4.90 Å². The predicted octanol–water partition coefficient (Wildman–Crippen LogP) is -0.274. The summed E-state index contributed by atoms with van der Waals surface area (Å²) in [5.74, 6) is -0.0443. The maximum Gasteiger partial charge on any atom is 0.196 e. The van der Waals surface area contributed by atoms with Crippen molar-refractivity contribution in [3.63, 3.8) is 0 Å². The van der Waals surface area contributed by atoms with Gasteiger partial charge in [-0.2, -0.15) is 0 Å². The van der Waals surface area contributed by atoms with Crippen LogP contribution in [0, 0.1) is 0 Å². The first-order valence-electron chi connectivity index (χ1n) is 4.95. The van der Waals surface area contributed by atoms with Crippen LogP contribution < -0.4 is 0 Å². The highest BCUT2D eigenvalue weighted by molar-refractivity contribution is 5.95. The fraction of sp³-hybridized carbons (Fsp3) is 0.500. The molecule has 5 heteroatoms. The number of carbonyl (C=O) groups excluding carboxylic acids is 1. The third-order valence-corrected chi connectivity index (χ3v) is 2.46. The molecule has 2 heterocycles. The van der Waals surface area contributed by atoms with Crippen LogP contribution in [0.15, 0.2) is 18.6 Å². The Bertz CT molecular complexity index is 342. The predicted molar refractivity (Wildman–Crippen MR) is 53.4 cm³/mol. The first-order valence-corrected chi connectivity index (χ1v) is 4.95. The van der Waals surface area contributed by atoms with E-state index in [0.29, 0.717) is 18.8 Å². The average Bonchev–Trinajstić information content (AvgIpc) is 2.65. The number of hydrogen-bond acceptors (Lipinski definition) is 5. The summed E-state index contributed by atoms with van der Waals surface area (Å²) in [4.78, 5) is 21.4. The minimum Gasteiger partial charge on any atom is -0.392 e. The van der Waals surface area contributed by atoms with Crippen molar-refractivity contribution in [2.24, 2.45) is 0 Å². The highest BCUT2D eigenvalue weighted by Crippen LogP contribution is 2.09. The van der Waals surface area contributed by atoms with Crippen molar-refractivity contribution in [3.8, 4) is 0 Å². The number of ketones is 1. The lowest BCUT2D eigenvalue weighted by atomic mass is 10.3. The van der Waals surface area contributed by atoms with Gasteiger partial charge in [0.15, 0.2) is 5.78 Å². The van der Waals surface area contributed by atoms with Crippen molar-refractivity contribution in [1.82, 2.24) is 14.9 Å². The molecule has 5 nitrogen and oxygen atoms in total. The molecule has 1 aliphatic rings. The largest absolute Gasteiger partial charge is 0.392 e. The normalized spacial score (nSPS) is 21.8. The second-order valence-electron chi connectivity index (χ2n) is 3.69. The molecule has 15 heavy (non-hydrogen) atoms. The molecule has 0 radical (unpaired) electrons. The topological polar surface area (TPSA) is 66.3 Å². The summed E-state index contributed by atoms with van der Waals surface area (Å²) >= 11 is 0. The summed E-state index contributed by atoms with van der Waals surface area (Å²) in [5.41, 5.74) is 0.388. The van der Waals surface area contributed by atoms with E-state index < -0.39 is 0 Å². The van der Waals surface area contributed by atoms with E-state index in [1.54, 1.807) is 0 Å². The minimum atomic E-state index is -0.292. The monoisotopic (exact) mass is 207 g/mol. The van der Waals surface area contributed by atoms with Gasteiger partial charge in [0.05, 0.1) is 18.8 Å². The Balaban J connectivity index is 1.93. The van der Waals surface area contributed by atoms with Crippen LogP contribution in [0.1, 0.15) is 16.9 Å². The standard InChI is InChI=1S/C10H13N3O2/c14-8-1-4-13(6-8)7-10(15)9-5-11-2-3-12-9/h2-3,5,8,14H,1,4,6-7H2/t8-/m0/s1. The van der Waals surface area contributed by atoms with Gasteiger partial charge >= 0.3 is 0 Å². The third kappa shape index (κ3) is 2.57. The summed E-state index contributed by atoms with van der Waals surface area (Å²) < 4.78 is 0. The number of nitrogens with zero attached hydrogens (tertiary/aromatic N) is 3. The van der Waals surface area contributed by atoms with Crippen LogP contribution in [0.4, 0.5) is 0 Å². The van der Waals surface area contributed by atoms with Gasteiger partial charge in [-0.3, -0.25) is 14.7 Å². The molecule has 80 valence electrons. The Hall–Kier alpha value is -1.33. The molecule has 0 spiro atoms. The molecule has 1 aromatic heterocycles.